The first kappa shape index (κ1) is 15.2. The zero-order valence-electron chi connectivity index (χ0n) is 11.2. The molecule has 1 atom stereocenters. The number of benzene rings is 1. The average Bonchev–Trinajstić information content (AvgIpc) is 2.37. The normalized spacial score (nSPS) is 11.9. The molecule has 0 aliphatic heterocycles. The summed E-state index contributed by atoms with van der Waals surface area (Å²) < 4.78 is 0. The Kier molecular flexibility index (Phi) is 5.51. The Morgan fingerprint density at radius 3 is 2.47 bits per heavy atom. The molecule has 0 saturated heterocycles. The number of aliphatic hydroxyl groups excluding tert-OH is 1. The molecule has 0 aromatic heterocycles. The minimum atomic E-state index is -0.958. The van der Waals surface area contributed by atoms with Gasteiger partial charge in [0.1, 0.15) is 0 Å². The molecular formula is C14H19NO4. The molecule has 19 heavy (non-hydrogen) atoms. The topological polar surface area (TPSA) is 77.8 Å². The first-order chi connectivity index (χ1) is 8.97. The second-order valence-electron chi connectivity index (χ2n) is 4.53. The first-order valence-electron chi connectivity index (χ1n) is 6.16. The molecular weight excluding hydrogens is 246 g/mol. The van der Waals surface area contributed by atoms with Gasteiger partial charge in [0.15, 0.2) is 0 Å². The van der Waals surface area contributed by atoms with Crippen LogP contribution in [0.25, 0.3) is 0 Å². The van der Waals surface area contributed by atoms with Crippen LogP contribution >= 0.6 is 0 Å². The Bertz CT molecular complexity index is 459. The second-order valence-corrected chi connectivity index (χ2v) is 4.53. The van der Waals surface area contributed by atoms with Crippen LogP contribution in [0.2, 0.25) is 0 Å². The molecule has 0 radical (unpaired) electrons. The minimum absolute atomic E-state index is 0.0864. The third-order valence-corrected chi connectivity index (χ3v) is 2.95. The zero-order valence-corrected chi connectivity index (χ0v) is 11.2. The summed E-state index contributed by atoms with van der Waals surface area (Å²) >= 11 is 0. The van der Waals surface area contributed by atoms with Gasteiger partial charge in [-0.3, -0.25) is 9.59 Å². The molecule has 0 spiro atoms. The molecule has 1 rings (SSSR count). The van der Waals surface area contributed by atoms with Crippen molar-refractivity contribution in [2.75, 3.05) is 19.7 Å². The van der Waals surface area contributed by atoms with E-state index in [1.807, 2.05) is 19.1 Å². The van der Waals surface area contributed by atoms with Crippen LogP contribution in [0.5, 0.6) is 0 Å². The zero-order chi connectivity index (χ0) is 14.4. The lowest BCUT2D eigenvalue weighted by molar-refractivity contribution is -0.141. The fourth-order valence-corrected chi connectivity index (χ4v) is 1.79. The van der Waals surface area contributed by atoms with Crippen LogP contribution in [-0.2, 0) is 4.79 Å². The SMILES string of the molecule is Cc1ccccc1C(=O)N(CCO)CC(C)C(=O)O. The highest BCUT2D eigenvalue weighted by Crippen LogP contribution is 2.12. The number of carbonyl (C=O) groups excluding carboxylic acids is 1. The maximum atomic E-state index is 12.3. The predicted octanol–water partition coefficient (Wildman–Crippen LogP) is 1.15. The van der Waals surface area contributed by atoms with Gasteiger partial charge in [-0.2, -0.15) is 0 Å². The van der Waals surface area contributed by atoms with Crippen LogP contribution < -0.4 is 0 Å². The van der Waals surface area contributed by atoms with Gasteiger partial charge >= 0.3 is 5.97 Å². The summed E-state index contributed by atoms with van der Waals surface area (Å²) in [4.78, 5) is 24.6. The standard InChI is InChI=1S/C14H19NO4/c1-10-5-3-4-6-12(10)13(17)15(7-8-16)9-11(2)14(18)19/h3-6,11,16H,7-9H2,1-2H3,(H,18,19). The third-order valence-electron chi connectivity index (χ3n) is 2.95. The van der Waals surface area contributed by atoms with Gasteiger partial charge in [0.25, 0.3) is 5.91 Å². The number of carbonyl (C=O) groups is 2. The van der Waals surface area contributed by atoms with Gasteiger partial charge in [0.05, 0.1) is 12.5 Å². The van der Waals surface area contributed by atoms with Crippen LogP contribution in [0.15, 0.2) is 24.3 Å². The van der Waals surface area contributed by atoms with Crippen LogP contribution in [0.4, 0.5) is 0 Å². The molecule has 0 fully saturated rings. The number of amides is 1. The molecule has 0 saturated carbocycles. The number of carboxylic acids is 1. The summed E-state index contributed by atoms with van der Waals surface area (Å²) in [5.74, 6) is -1.87. The Labute approximate surface area is 112 Å². The van der Waals surface area contributed by atoms with Crippen molar-refractivity contribution in [1.29, 1.82) is 0 Å². The number of nitrogens with zero attached hydrogens (tertiary/aromatic N) is 1. The lowest BCUT2D eigenvalue weighted by Gasteiger charge is -2.24. The summed E-state index contributed by atoms with van der Waals surface area (Å²) in [6, 6.07) is 7.12. The molecule has 0 aliphatic rings. The number of hydrogen-bond donors (Lipinski definition) is 2. The Morgan fingerprint density at radius 2 is 1.95 bits per heavy atom. The molecule has 1 amide bonds. The van der Waals surface area contributed by atoms with E-state index < -0.39 is 11.9 Å². The van der Waals surface area contributed by atoms with E-state index in [0.29, 0.717) is 5.56 Å². The summed E-state index contributed by atoms with van der Waals surface area (Å²) in [7, 11) is 0. The van der Waals surface area contributed by atoms with Crippen molar-refractivity contribution in [2.45, 2.75) is 13.8 Å². The number of aliphatic hydroxyl groups is 1. The number of rotatable bonds is 6. The molecule has 0 bridgehead atoms. The number of hydrogen-bond acceptors (Lipinski definition) is 3. The third kappa shape index (κ3) is 4.06. The van der Waals surface area contributed by atoms with Crippen molar-refractivity contribution in [2.24, 2.45) is 5.92 Å². The van der Waals surface area contributed by atoms with E-state index in [4.69, 9.17) is 10.2 Å². The molecule has 2 N–H and O–H groups in total. The van der Waals surface area contributed by atoms with E-state index in [2.05, 4.69) is 0 Å². The summed E-state index contributed by atoms with van der Waals surface area (Å²) in [5, 5.41) is 17.9. The molecule has 0 aliphatic carbocycles. The second kappa shape index (κ2) is 6.89. The predicted molar refractivity (Wildman–Crippen MR) is 71.0 cm³/mol. The lowest BCUT2D eigenvalue weighted by Crippen LogP contribution is -2.39. The van der Waals surface area contributed by atoms with Crippen molar-refractivity contribution in [3.05, 3.63) is 35.4 Å². The number of aliphatic carboxylic acids is 1. The highest BCUT2D eigenvalue weighted by atomic mass is 16.4. The van der Waals surface area contributed by atoms with Crippen molar-refractivity contribution in [3.8, 4) is 0 Å². The summed E-state index contributed by atoms with van der Waals surface area (Å²) in [6.07, 6.45) is 0. The highest BCUT2D eigenvalue weighted by molar-refractivity contribution is 5.95. The van der Waals surface area contributed by atoms with Gasteiger partial charge in [-0.15, -0.1) is 0 Å². The van der Waals surface area contributed by atoms with Gasteiger partial charge in [0.2, 0.25) is 0 Å². The smallest absolute Gasteiger partial charge is 0.308 e. The molecule has 5 heteroatoms. The minimum Gasteiger partial charge on any atom is -0.481 e. The fraction of sp³-hybridized carbons (Fsp3) is 0.429. The van der Waals surface area contributed by atoms with E-state index >= 15 is 0 Å². The van der Waals surface area contributed by atoms with E-state index in [1.54, 1.807) is 12.1 Å². The molecule has 0 heterocycles. The monoisotopic (exact) mass is 265 g/mol. The fourth-order valence-electron chi connectivity index (χ4n) is 1.79. The lowest BCUT2D eigenvalue weighted by atomic mass is 10.1. The molecule has 104 valence electrons. The van der Waals surface area contributed by atoms with Gasteiger partial charge < -0.3 is 15.1 Å². The van der Waals surface area contributed by atoms with Gasteiger partial charge in [-0.25, -0.2) is 0 Å². The summed E-state index contributed by atoms with van der Waals surface area (Å²) in [6.45, 7) is 3.39. The van der Waals surface area contributed by atoms with Crippen LogP contribution in [-0.4, -0.2) is 46.7 Å². The summed E-state index contributed by atoms with van der Waals surface area (Å²) in [5.41, 5.74) is 1.37. The maximum Gasteiger partial charge on any atom is 0.308 e. The van der Waals surface area contributed by atoms with Gasteiger partial charge in [-0.1, -0.05) is 25.1 Å². The Morgan fingerprint density at radius 1 is 1.32 bits per heavy atom. The van der Waals surface area contributed by atoms with E-state index in [1.165, 1.54) is 11.8 Å². The molecule has 5 nitrogen and oxygen atoms in total. The van der Waals surface area contributed by atoms with Crippen molar-refractivity contribution < 1.29 is 19.8 Å². The van der Waals surface area contributed by atoms with Crippen molar-refractivity contribution in [3.63, 3.8) is 0 Å². The van der Waals surface area contributed by atoms with Crippen LogP contribution in [0.1, 0.15) is 22.8 Å². The maximum absolute atomic E-state index is 12.3. The average molecular weight is 265 g/mol. The molecule has 1 unspecified atom stereocenters. The van der Waals surface area contributed by atoms with Gasteiger partial charge in [0, 0.05) is 18.7 Å². The number of aryl methyl sites for hydroxylation is 1. The highest BCUT2D eigenvalue weighted by Gasteiger charge is 2.22. The van der Waals surface area contributed by atoms with Crippen LogP contribution in [0, 0.1) is 12.8 Å². The largest absolute Gasteiger partial charge is 0.481 e. The quantitative estimate of drug-likeness (QED) is 0.808. The number of carboxylic acid groups (broad SMARTS) is 1. The van der Waals surface area contributed by atoms with E-state index in [0.717, 1.165) is 5.56 Å². The van der Waals surface area contributed by atoms with E-state index in [-0.39, 0.29) is 25.6 Å². The Hall–Kier alpha value is -1.88. The van der Waals surface area contributed by atoms with E-state index in [9.17, 15) is 9.59 Å². The first-order valence-corrected chi connectivity index (χ1v) is 6.16. The van der Waals surface area contributed by atoms with Crippen molar-refractivity contribution >= 4 is 11.9 Å². The van der Waals surface area contributed by atoms with Crippen LogP contribution in [0.3, 0.4) is 0 Å². The Balaban J connectivity index is 2.90. The molecule has 1 aromatic rings. The molecule has 1 aromatic carbocycles. The van der Waals surface area contributed by atoms with Gasteiger partial charge in [-0.05, 0) is 18.6 Å². The van der Waals surface area contributed by atoms with Crippen molar-refractivity contribution in [1.82, 2.24) is 4.90 Å².